The largest absolute Gasteiger partial charge is 0.486 e. The lowest BCUT2D eigenvalue weighted by molar-refractivity contribution is -0.0979. The van der Waals surface area contributed by atoms with Crippen molar-refractivity contribution in [2.45, 2.75) is 38.0 Å². The zero-order valence-electron chi connectivity index (χ0n) is 10.2. The van der Waals surface area contributed by atoms with Crippen LogP contribution in [0.25, 0.3) is 0 Å². The van der Waals surface area contributed by atoms with E-state index >= 15 is 0 Å². The van der Waals surface area contributed by atoms with E-state index in [1.807, 2.05) is 0 Å². The highest BCUT2D eigenvalue weighted by Gasteiger charge is 2.41. The van der Waals surface area contributed by atoms with Crippen LogP contribution in [0.3, 0.4) is 0 Å². The van der Waals surface area contributed by atoms with Gasteiger partial charge >= 0.3 is 0 Å². The molecular weight excluding hydrogens is 273 g/mol. The lowest BCUT2D eigenvalue weighted by atomic mass is 9.86. The van der Waals surface area contributed by atoms with Crippen LogP contribution in [0.5, 0.6) is 5.75 Å². The smallest absolute Gasteiger partial charge is 0.139 e. The Morgan fingerprint density at radius 2 is 2.17 bits per heavy atom. The molecule has 0 spiro atoms. The van der Waals surface area contributed by atoms with Gasteiger partial charge in [-0.15, -0.1) is 0 Å². The van der Waals surface area contributed by atoms with Crippen LogP contribution in [0.1, 0.15) is 19.8 Å². The lowest BCUT2D eigenvalue weighted by Crippen LogP contribution is -2.59. The van der Waals surface area contributed by atoms with Gasteiger partial charge in [-0.3, -0.25) is 0 Å². The molecule has 0 radical (unpaired) electrons. The van der Waals surface area contributed by atoms with Crippen LogP contribution in [-0.4, -0.2) is 24.9 Å². The van der Waals surface area contributed by atoms with Gasteiger partial charge < -0.3 is 15.2 Å². The maximum absolute atomic E-state index is 6.05. The Morgan fingerprint density at radius 1 is 1.39 bits per heavy atom. The molecule has 1 saturated carbocycles. The highest BCUT2D eigenvalue weighted by molar-refractivity contribution is 6.34. The van der Waals surface area contributed by atoms with Crippen molar-refractivity contribution < 1.29 is 9.47 Å². The number of benzene rings is 1. The Labute approximate surface area is 117 Å². The highest BCUT2D eigenvalue weighted by Crippen LogP contribution is 2.33. The summed E-state index contributed by atoms with van der Waals surface area (Å²) in [6.45, 7) is 2.76. The fourth-order valence-electron chi connectivity index (χ4n) is 1.95. The minimum atomic E-state index is -0.0556. The summed E-state index contributed by atoms with van der Waals surface area (Å²) in [6.07, 6.45) is 1.65. The minimum absolute atomic E-state index is 0.0393. The van der Waals surface area contributed by atoms with Crippen molar-refractivity contribution in [2.24, 2.45) is 5.73 Å². The Morgan fingerprint density at radius 3 is 2.83 bits per heavy atom. The average Bonchev–Trinajstić information content (AvgIpc) is 2.33. The molecule has 0 amide bonds. The van der Waals surface area contributed by atoms with Gasteiger partial charge in [0.2, 0.25) is 0 Å². The first-order valence-electron chi connectivity index (χ1n) is 6.10. The first-order chi connectivity index (χ1) is 8.61. The number of hydrogen-bond donors (Lipinski definition) is 1. The van der Waals surface area contributed by atoms with E-state index in [9.17, 15) is 0 Å². The zero-order valence-corrected chi connectivity index (χ0v) is 11.7. The predicted molar refractivity (Wildman–Crippen MR) is 73.5 cm³/mol. The van der Waals surface area contributed by atoms with Crippen molar-refractivity contribution in [1.82, 2.24) is 0 Å². The molecule has 0 aliphatic heterocycles. The second-order valence-corrected chi connectivity index (χ2v) is 5.31. The summed E-state index contributed by atoms with van der Waals surface area (Å²) in [6, 6.07) is 5.21. The first-order valence-corrected chi connectivity index (χ1v) is 6.86. The molecule has 1 aliphatic rings. The Kier molecular flexibility index (Phi) is 4.73. The van der Waals surface area contributed by atoms with Crippen molar-refractivity contribution in [1.29, 1.82) is 0 Å². The van der Waals surface area contributed by atoms with Crippen molar-refractivity contribution in [3.8, 4) is 5.75 Å². The van der Waals surface area contributed by atoms with Gasteiger partial charge in [-0.2, -0.15) is 0 Å². The molecule has 100 valence electrons. The van der Waals surface area contributed by atoms with E-state index in [2.05, 4.69) is 6.92 Å². The molecule has 0 bridgehead atoms. The highest BCUT2D eigenvalue weighted by atomic mass is 35.5. The second kappa shape index (κ2) is 6.11. The summed E-state index contributed by atoms with van der Waals surface area (Å²) in [7, 11) is 0. The fourth-order valence-corrected chi connectivity index (χ4v) is 2.27. The summed E-state index contributed by atoms with van der Waals surface area (Å²) in [5, 5.41) is 1.15. The molecule has 0 saturated heterocycles. The number of halogens is 2. The fraction of sp³-hybridized carbons (Fsp3) is 0.538. The van der Waals surface area contributed by atoms with Gasteiger partial charge in [-0.05, 0) is 18.6 Å². The molecule has 2 rings (SSSR count). The molecule has 5 heteroatoms. The van der Waals surface area contributed by atoms with Crippen LogP contribution in [0, 0.1) is 0 Å². The average molecular weight is 290 g/mol. The maximum Gasteiger partial charge on any atom is 0.139 e. The van der Waals surface area contributed by atoms with Crippen LogP contribution < -0.4 is 10.5 Å². The van der Waals surface area contributed by atoms with Crippen molar-refractivity contribution in [3.05, 3.63) is 28.2 Å². The van der Waals surface area contributed by atoms with E-state index in [-0.39, 0.29) is 18.2 Å². The van der Waals surface area contributed by atoms with E-state index in [0.29, 0.717) is 22.4 Å². The van der Waals surface area contributed by atoms with Gasteiger partial charge in [0.25, 0.3) is 0 Å². The number of nitrogens with two attached hydrogens (primary N) is 1. The minimum Gasteiger partial charge on any atom is -0.486 e. The molecule has 2 N–H and O–H groups in total. The van der Waals surface area contributed by atoms with Gasteiger partial charge in [-0.1, -0.05) is 30.1 Å². The van der Waals surface area contributed by atoms with E-state index in [0.717, 1.165) is 12.8 Å². The summed E-state index contributed by atoms with van der Waals surface area (Å²) < 4.78 is 11.5. The normalized spacial score (nSPS) is 26.8. The monoisotopic (exact) mass is 289 g/mol. The van der Waals surface area contributed by atoms with E-state index < -0.39 is 0 Å². The Balaban J connectivity index is 1.98. The van der Waals surface area contributed by atoms with Crippen LogP contribution in [0.15, 0.2) is 18.2 Å². The molecule has 3 nitrogen and oxygen atoms in total. The third-order valence-electron chi connectivity index (χ3n) is 2.98. The van der Waals surface area contributed by atoms with Gasteiger partial charge in [0.15, 0.2) is 0 Å². The number of rotatable bonds is 5. The molecule has 0 aromatic heterocycles. The van der Waals surface area contributed by atoms with Crippen molar-refractivity contribution >= 4 is 23.2 Å². The molecule has 0 heterocycles. The van der Waals surface area contributed by atoms with Crippen LogP contribution in [0.4, 0.5) is 0 Å². The summed E-state index contributed by atoms with van der Waals surface area (Å²) in [4.78, 5) is 0. The van der Waals surface area contributed by atoms with Crippen molar-refractivity contribution in [3.63, 3.8) is 0 Å². The Bertz CT molecular complexity index is 414. The number of ether oxygens (including phenoxy) is 2. The van der Waals surface area contributed by atoms with Crippen LogP contribution in [0.2, 0.25) is 10.0 Å². The van der Waals surface area contributed by atoms with Crippen LogP contribution in [-0.2, 0) is 4.74 Å². The van der Waals surface area contributed by atoms with Crippen LogP contribution >= 0.6 is 23.2 Å². The van der Waals surface area contributed by atoms with Gasteiger partial charge in [0.1, 0.15) is 18.0 Å². The van der Waals surface area contributed by atoms with E-state index in [1.165, 1.54) is 0 Å². The SMILES string of the molecule is CCCOC1C(N)CC1Oc1cc(Cl)ccc1Cl. The molecule has 3 atom stereocenters. The maximum atomic E-state index is 6.05. The molecule has 1 aromatic carbocycles. The molecule has 1 fully saturated rings. The van der Waals surface area contributed by atoms with E-state index in [4.69, 9.17) is 38.4 Å². The molecule has 3 unspecified atom stereocenters. The quantitative estimate of drug-likeness (QED) is 0.905. The van der Waals surface area contributed by atoms with Gasteiger partial charge in [0.05, 0.1) is 5.02 Å². The van der Waals surface area contributed by atoms with Gasteiger partial charge in [0, 0.05) is 30.2 Å². The second-order valence-electron chi connectivity index (χ2n) is 4.47. The standard InChI is InChI=1S/C13H17Cl2NO2/c1-2-5-17-13-10(16)7-12(13)18-11-6-8(14)3-4-9(11)15/h3-4,6,10,12-13H,2,5,7,16H2,1H3. The Hall–Kier alpha value is -0.480. The van der Waals surface area contributed by atoms with Gasteiger partial charge in [-0.25, -0.2) is 0 Å². The third kappa shape index (κ3) is 3.09. The molecular formula is C13H17Cl2NO2. The zero-order chi connectivity index (χ0) is 13.1. The summed E-state index contributed by atoms with van der Waals surface area (Å²) >= 11 is 12.0. The van der Waals surface area contributed by atoms with E-state index in [1.54, 1.807) is 18.2 Å². The third-order valence-corrected chi connectivity index (χ3v) is 3.53. The van der Waals surface area contributed by atoms with Crippen molar-refractivity contribution in [2.75, 3.05) is 6.61 Å². The molecule has 1 aromatic rings. The predicted octanol–water partition coefficient (Wildman–Crippen LogP) is 3.27. The molecule has 18 heavy (non-hydrogen) atoms. The lowest BCUT2D eigenvalue weighted by Gasteiger charge is -2.41. The summed E-state index contributed by atoms with van der Waals surface area (Å²) in [5.74, 6) is 0.589. The number of hydrogen-bond acceptors (Lipinski definition) is 3. The first kappa shape index (κ1) is 13.9. The molecule has 1 aliphatic carbocycles. The summed E-state index contributed by atoms with van der Waals surface area (Å²) in [5.41, 5.74) is 5.91. The topological polar surface area (TPSA) is 44.5 Å².